The number of hydrogen-bond acceptors (Lipinski definition) is 3. The Bertz CT molecular complexity index is 584. The molecule has 1 saturated heterocycles. The minimum atomic E-state index is -3.56. The number of nitrogens with two attached hydrogens (primary N) is 1. The summed E-state index contributed by atoms with van der Waals surface area (Å²) in [6, 6.07) is 3.36. The second-order valence-corrected chi connectivity index (χ2v) is 8.25. The molecule has 0 radical (unpaired) electrons. The van der Waals surface area contributed by atoms with Crippen molar-refractivity contribution in [3.63, 3.8) is 0 Å². The van der Waals surface area contributed by atoms with Crippen LogP contribution in [0.4, 0.5) is 11.4 Å². The third-order valence-corrected chi connectivity index (χ3v) is 6.22. The highest BCUT2D eigenvalue weighted by Crippen LogP contribution is 2.35. The van der Waals surface area contributed by atoms with Crippen LogP contribution in [0.1, 0.15) is 26.2 Å². The summed E-state index contributed by atoms with van der Waals surface area (Å²) in [5, 5.41) is 0. The minimum absolute atomic E-state index is 0.0209. The van der Waals surface area contributed by atoms with E-state index < -0.39 is 10.2 Å². The van der Waals surface area contributed by atoms with E-state index in [1.54, 1.807) is 12.1 Å². The Hall–Kier alpha value is -0.310. The van der Waals surface area contributed by atoms with E-state index in [1.807, 2.05) is 6.92 Å². The van der Waals surface area contributed by atoms with Gasteiger partial charge >= 0.3 is 10.2 Å². The van der Waals surface area contributed by atoms with Gasteiger partial charge in [-0.2, -0.15) is 12.7 Å². The quantitative estimate of drug-likeness (QED) is 0.727. The molecule has 112 valence electrons. The molecular weight excluding hydrogens is 410 g/mol. The van der Waals surface area contributed by atoms with E-state index in [0.29, 0.717) is 26.9 Å². The topological polar surface area (TPSA) is 75.4 Å². The highest BCUT2D eigenvalue weighted by molar-refractivity contribution is 9.11. The van der Waals surface area contributed by atoms with Crippen LogP contribution in [0.15, 0.2) is 21.1 Å². The minimum Gasteiger partial charge on any atom is -0.399 e. The van der Waals surface area contributed by atoms with Gasteiger partial charge in [0.15, 0.2) is 0 Å². The summed E-state index contributed by atoms with van der Waals surface area (Å²) in [4.78, 5) is 0. The highest BCUT2D eigenvalue weighted by Gasteiger charge is 2.30. The summed E-state index contributed by atoms with van der Waals surface area (Å²) >= 11 is 6.67. The van der Waals surface area contributed by atoms with E-state index in [1.165, 1.54) is 4.31 Å². The Balaban J connectivity index is 2.29. The van der Waals surface area contributed by atoms with Crippen LogP contribution in [-0.4, -0.2) is 25.3 Å². The van der Waals surface area contributed by atoms with Gasteiger partial charge in [0.05, 0.1) is 5.69 Å². The molecule has 1 heterocycles. The maximum Gasteiger partial charge on any atom is 0.301 e. The van der Waals surface area contributed by atoms with Crippen LogP contribution in [0.5, 0.6) is 0 Å². The molecule has 0 aliphatic carbocycles. The van der Waals surface area contributed by atoms with Crippen LogP contribution in [-0.2, 0) is 10.2 Å². The number of nitrogen functional groups attached to an aromatic ring is 1. The molecule has 8 heteroatoms. The van der Waals surface area contributed by atoms with Crippen molar-refractivity contribution in [1.29, 1.82) is 0 Å². The first-order valence-corrected chi connectivity index (χ1v) is 9.38. The van der Waals surface area contributed by atoms with Gasteiger partial charge in [-0.1, -0.05) is 6.42 Å². The van der Waals surface area contributed by atoms with Gasteiger partial charge in [-0.15, -0.1) is 0 Å². The molecule has 1 aromatic rings. The number of nitrogens with zero attached hydrogens (tertiary/aromatic N) is 1. The van der Waals surface area contributed by atoms with Gasteiger partial charge in [0.25, 0.3) is 0 Å². The molecule has 1 fully saturated rings. The summed E-state index contributed by atoms with van der Waals surface area (Å²) in [6.07, 6.45) is 2.86. The Morgan fingerprint density at radius 1 is 1.30 bits per heavy atom. The molecule has 20 heavy (non-hydrogen) atoms. The second-order valence-electron chi connectivity index (χ2n) is 4.92. The normalized spacial score (nSPS) is 20.9. The van der Waals surface area contributed by atoms with Crippen molar-refractivity contribution in [1.82, 2.24) is 4.31 Å². The number of hydrogen-bond donors (Lipinski definition) is 2. The predicted octanol–water partition coefficient (Wildman–Crippen LogP) is 3.32. The monoisotopic (exact) mass is 425 g/mol. The zero-order chi connectivity index (χ0) is 14.9. The van der Waals surface area contributed by atoms with Crippen LogP contribution < -0.4 is 10.5 Å². The standard InChI is InChI=1S/C12H17Br2N3O2S/c1-8-4-2-3-5-17(8)20(18,19)16-12-10(13)6-9(15)7-11(12)14/h6-8,16H,2-5,15H2,1H3. The predicted molar refractivity (Wildman–Crippen MR) is 88.8 cm³/mol. The first kappa shape index (κ1) is 16.1. The molecule has 0 amide bonds. The largest absolute Gasteiger partial charge is 0.399 e. The zero-order valence-electron chi connectivity index (χ0n) is 11.1. The lowest BCUT2D eigenvalue weighted by Gasteiger charge is -2.32. The maximum atomic E-state index is 12.5. The first-order valence-electron chi connectivity index (χ1n) is 6.35. The average Bonchev–Trinajstić information content (AvgIpc) is 2.34. The van der Waals surface area contributed by atoms with Gasteiger partial charge in [-0.25, -0.2) is 0 Å². The molecule has 1 aliphatic heterocycles. The van der Waals surface area contributed by atoms with Crippen molar-refractivity contribution in [2.75, 3.05) is 17.0 Å². The van der Waals surface area contributed by atoms with E-state index in [-0.39, 0.29) is 6.04 Å². The lowest BCUT2D eigenvalue weighted by molar-refractivity contribution is 0.270. The molecule has 1 unspecified atom stereocenters. The Morgan fingerprint density at radius 2 is 1.90 bits per heavy atom. The van der Waals surface area contributed by atoms with E-state index in [4.69, 9.17) is 5.73 Å². The maximum absolute atomic E-state index is 12.5. The van der Waals surface area contributed by atoms with Gasteiger partial charge in [-0.3, -0.25) is 4.72 Å². The summed E-state index contributed by atoms with van der Waals surface area (Å²) < 4.78 is 30.4. The summed E-state index contributed by atoms with van der Waals surface area (Å²) in [5.41, 5.74) is 6.73. The van der Waals surface area contributed by atoms with E-state index >= 15 is 0 Å². The Labute approximate surface area is 136 Å². The summed E-state index contributed by atoms with van der Waals surface area (Å²) in [5.74, 6) is 0. The molecule has 0 bridgehead atoms. The molecule has 0 aromatic heterocycles. The molecule has 3 N–H and O–H groups in total. The molecule has 0 spiro atoms. The zero-order valence-corrected chi connectivity index (χ0v) is 15.1. The van der Waals surface area contributed by atoms with E-state index in [0.717, 1.165) is 19.3 Å². The van der Waals surface area contributed by atoms with Crippen LogP contribution in [0.2, 0.25) is 0 Å². The van der Waals surface area contributed by atoms with E-state index in [2.05, 4.69) is 36.6 Å². The Morgan fingerprint density at radius 3 is 2.45 bits per heavy atom. The van der Waals surface area contributed by atoms with Crippen molar-refractivity contribution in [2.24, 2.45) is 0 Å². The fourth-order valence-corrected chi connectivity index (χ4v) is 5.53. The van der Waals surface area contributed by atoms with Gasteiger partial charge < -0.3 is 5.73 Å². The average molecular weight is 427 g/mol. The second kappa shape index (κ2) is 6.21. The number of anilines is 2. The van der Waals surface area contributed by atoms with Crippen LogP contribution in [0.3, 0.4) is 0 Å². The molecular formula is C12H17Br2N3O2S. The summed E-state index contributed by atoms with van der Waals surface area (Å²) in [7, 11) is -3.56. The van der Waals surface area contributed by atoms with Crippen molar-refractivity contribution in [2.45, 2.75) is 32.2 Å². The molecule has 1 aliphatic rings. The third-order valence-electron chi connectivity index (χ3n) is 3.35. The Kier molecular flexibility index (Phi) is 4.99. The van der Waals surface area contributed by atoms with Gasteiger partial charge in [0.1, 0.15) is 0 Å². The number of halogens is 2. The first-order chi connectivity index (χ1) is 9.31. The van der Waals surface area contributed by atoms with Gasteiger partial charge in [0, 0.05) is 27.2 Å². The van der Waals surface area contributed by atoms with Crippen molar-refractivity contribution in [3.8, 4) is 0 Å². The summed E-state index contributed by atoms with van der Waals surface area (Å²) in [6.45, 7) is 2.49. The lowest BCUT2D eigenvalue weighted by atomic mass is 10.1. The van der Waals surface area contributed by atoms with Crippen LogP contribution in [0, 0.1) is 0 Å². The number of nitrogens with one attached hydrogen (secondary N) is 1. The molecule has 0 saturated carbocycles. The lowest BCUT2D eigenvalue weighted by Crippen LogP contribution is -2.44. The van der Waals surface area contributed by atoms with Crippen LogP contribution in [0.25, 0.3) is 0 Å². The fraction of sp³-hybridized carbons (Fsp3) is 0.500. The number of benzene rings is 1. The number of piperidine rings is 1. The highest BCUT2D eigenvalue weighted by atomic mass is 79.9. The van der Waals surface area contributed by atoms with Crippen molar-refractivity contribution < 1.29 is 8.42 Å². The van der Waals surface area contributed by atoms with Crippen LogP contribution >= 0.6 is 31.9 Å². The van der Waals surface area contributed by atoms with Gasteiger partial charge in [-0.05, 0) is 63.8 Å². The van der Waals surface area contributed by atoms with Crippen molar-refractivity contribution in [3.05, 3.63) is 21.1 Å². The molecule has 1 atom stereocenters. The fourth-order valence-electron chi connectivity index (χ4n) is 2.31. The van der Waals surface area contributed by atoms with Crippen molar-refractivity contribution >= 4 is 53.4 Å². The molecule has 5 nitrogen and oxygen atoms in total. The molecule has 2 rings (SSSR count). The third kappa shape index (κ3) is 3.47. The molecule has 1 aromatic carbocycles. The van der Waals surface area contributed by atoms with E-state index in [9.17, 15) is 8.42 Å². The number of rotatable bonds is 3. The smallest absolute Gasteiger partial charge is 0.301 e. The SMILES string of the molecule is CC1CCCCN1S(=O)(=O)Nc1c(Br)cc(N)cc1Br. The van der Waals surface area contributed by atoms with Gasteiger partial charge in [0.2, 0.25) is 0 Å².